The smallest absolute Gasteiger partial charge is 0.123 e. The third kappa shape index (κ3) is 3.70. The first-order chi connectivity index (χ1) is 10.0. The van der Waals surface area contributed by atoms with Gasteiger partial charge in [0.05, 0.1) is 5.69 Å². The van der Waals surface area contributed by atoms with E-state index in [0.717, 1.165) is 36.3 Å². The summed E-state index contributed by atoms with van der Waals surface area (Å²) >= 11 is 0. The predicted molar refractivity (Wildman–Crippen MR) is 83.9 cm³/mol. The number of aromatic nitrogens is 2. The van der Waals surface area contributed by atoms with E-state index in [1.165, 1.54) is 11.8 Å². The van der Waals surface area contributed by atoms with Crippen LogP contribution in [0.2, 0.25) is 0 Å². The normalized spacial score (nSPS) is 12.6. The van der Waals surface area contributed by atoms with E-state index < -0.39 is 0 Å². The lowest BCUT2D eigenvalue weighted by Gasteiger charge is -2.21. The van der Waals surface area contributed by atoms with Gasteiger partial charge in [0.15, 0.2) is 0 Å². The number of aryl methyl sites for hydroxylation is 3. The van der Waals surface area contributed by atoms with E-state index in [-0.39, 0.29) is 11.9 Å². The lowest BCUT2D eigenvalue weighted by Crippen LogP contribution is -2.25. The molecular formula is C17H24FN3. The van der Waals surface area contributed by atoms with Gasteiger partial charge in [-0.2, -0.15) is 5.10 Å². The molecule has 1 N–H and O–H groups in total. The van der Waals surface area contributed by atoms with Gasteiger partial charge in [-0.15, -0.1) is 0 Å². The SMILES string of the molecule is CCNC(Cc1cc(C)nn1CC)c1cc(F)ccc1C. The van der Waals surface area contributed by atoms with Gasteiger partial charge in [0.2, 0.25) is 0 Å². The third-order valence-electron chi connectivity index (χ3n) is 3.77. The molecule has 0 amide bonds. The molecule has 0 fully saturated rings. The number of halogens is 1. The Bertz CT molecular complexity index is 604. The second-order valence-electron chi connectivity index (χ2n) is 5.41. The van der Waals surface area contributed by atoms with Crippen LogP contribution < -0.4 is 5.32 Å². The van der Waals surface area contributed by atoms with E-state index >= 15 is 0 Å². The number of nitrogens with one attached hydrogen (secondary N) is 1. The van der Waals surface area contributed by atoms with Gasteiger partial charge in [0, 0.05) is 24.7 Å². The second-order valence-corrected chi connectivity index (χ2v) is 5.41. The fraction of sp³-hybridized carbons (Fsp3) is 0.471. The van der Waals surface area contributed by atoms with Crippen molar-refractivity contribution in [2.45, 2.75) is 46.7 Å². The van der Waals surface area contributed by atoms with E-state index in [0.29, 0.717) is 0 Å². The molecule has 1 unspecified atom stereocenters. The highest BCUT2D eigenvalue weighted by atomic mass is 19.1. The van der Waals surface area contributed by atoms with E-state index in [1.54, 1.807) is 6.07 Å². The fourth-order valence-corrected chi connectivity index (χ4v) is 2.77. The number of likely N-dealkylation sites (N-methyl/N-ethyl adjacent to an activating group) is 1. The minimum absolute atomic E-state index is 0.104. The van der Waals surface area contributed by atoms with Gasteiger partial charge in [0.1, 0.15) is 5.82 Å². The molecule has 21 heavy (non-hydrogen) atoms. The average Bonchev–Trinajstić information content (AvgIpc) is 2.81. The molecule has 0 aliphatic heterocycles. The molecule has 1 atom stereocenters. The van der Waals surface area contributed by atoms with Crippen LogP contribution in [-0.4, -0.2) is 16.3 Å². The van der Waals surface area contributed by atoms with Crippen LogP contribution in [0.25, 0.3) is 0 Å². The maximum absolute atomic E-state index is 13.6. The largest absolute Gasteiger partial charge is 0.310 e. The second kappa shape index (κ2) is 6.85. The van der Waals surface area contributed by atoms with Crippen LogP contribution in [0.1, 0.15) is 42.4 Å². The Labute approximate surface area is 126 Å². The molecular weight excluding hydrogens is 265 g/mol. The van der Waals surface area contributed by atoms with Gasteiger partial charge >= 0.3 is 0 Å². The number of hydrogen-bond acceptors (Lipinski definition) is 2. The zero-order valence-electron chi connectivity index (χ0n) is 13.3. The third-order valence-corrected chi connectivity index (χ3v) is 3.77. The molecule has 0 aliphatic rings. The molecule has 0 saturated heterocycles. The topological polar surface area (TPSA) is 29.9 Å². The number of hydrogen-bond donors (Lipinski definition) is 1. The summed E-state index contributed by atoms with van der Waals surface area (Å²) in [5.74, 6) is -0.182. The van der Waals surface area contributed by atoms with Gasteiger partial charge in [-0.1, -0.05) is 13.0 Å². The maximum Gasteiger partial charge on any atom is 0.123 e. The zero-order chi connectivity index (χ0) is 15.4. The van der Waals surface area contributed by atoms with Crippen LogP contribution in [0, 0.1) is 19.7 Å². The zero-order valence-corrected chi connectivity index (χ0v) is 13.3. The van der Waals surface area contributed by atoms with E-state index in [2.05, 4.69) is 30.3 Å². The maximum atomic E-state index is 13.6. The number of nitrogens with zero attached hydrogens (tertiary/aromatic N) is 2. The molecule has 2 aromatic rings. The Morgan fingerprint density at radius 2 is 2.00 bits per heavy atom. The molecule has 1 heterocycles. The Morgan fingerprint density at radius 3 is 2.67 bits per heavy atom. The highest BCUT2D eigenvalue weighted by Crippen LogP contribution is 2.23. The van der Waals surface area contributed by atoms with Crippen LogP contribution >= 0.6 is 0 Å². The van der Waals surface area contributed by atoms with Crippen LogP contribution in [0.15, 0.2) is 24.3 Å². The van der Waals surface area contributed by atoms with Crippen molar-refractivity contribution in [2.75, 3.05) is 6.54 Å². The lowest BCUT2D eigenvalue weighted by atomic mass is 9.97. The summed E-state index contributed by atoms with van der Waals surface area (Å²) in [6, 6.07) is 7.22. The van der Waals surface area contributed by atoms with E-state index in [4.69, 9.17) is 0 Å². The first-order valence-corrected chi connectivity index (χ1v) is 7.57. The highest BCUT2D eigenvalue weighted by Gasteiger charge is 2.17. The van der Waals surface area contributed by atoms with Gasteiger partial charge in [-0.3, -0.25) is 4.68 Å². The molecule has 0 spiro atoms. The summed E-state index contributed by atoms with van der Waals surface area (Å²) in [5.41, 5.74) is 4.35. The first kappa shape index (κ1) is 15.7. The van der Waals surface area contributed by atoms with Gasteiger partial charge < -0.3 is 5.32 Å². The van der Waals surface area contributed by atoms with Crippen molar-refractivity contribution in [3.05, 3.63) is 52.6 Å². The summed E-state index contributed by atoms with van der Waals surface area (Å²) in [5, 5.41) is 7.96. The van der Waals surface area contributed by atoms with Crippen molar-refractivity contribution in [1.29, 1.82) is 0 Å². The number of benzene rings is 1. The summed E-state index contributed by atoms with van der Waals surface area (Å²) in [6.07, 6.45) is 0.812. The monoisotopic (exact) mass is 289 g/mol. The van der Waals surface area contributed by atoms with Gasteiger partial charge in [-0.05, 0) is 56.6 Å². The van der Waals surface area contributed by atoms with Gasteiger partial charge in [0.25, 0.3) is 0 Å². The first-order valence-electron chi connectivity index (χ1n) is 7.57. The molecule has 1 aromatic heterocycles. The molecule has 2 rings (SSSR count). The van der Waals surface area contributed by atoms with Crippen LogP contribution in [0.5, 0.6) is 0 Å². The molecule has 0 radical (unpaired) electrons. The minimum Gasteiger partial charge on any atom is -0.310 e. The van der Waals surface area contributed by atoms with Crippen LogP contribution in [0.3, 0.4) is 0 Å². The summed E-state index contributed by atoms with van der Waals surface area (Å²) in [4.78, 5) is 0. The molecule has 4 heteroatoms. The van der Waals surface area contributed by atoms with Crippen molar-refractivity contribution < 1.29 is 4.39 Å². The molecule has 114 valence electrons. The van der Waals surface area contributed by atoms with Crippen molar-refractivity contribution >= 4 is 0 Å². The quantitative estimate of drug-likeness (QED) is 0.881. The summed E-state index contributed by atoms with van der Waals surface area (Å²) in [7, 11) is 0. The Morgan fingerprint density at radius 1 is 1.24 bits per heavy atom. The van der Waals surface area contributed by atoms with E-state index in [9.17, 15) is 4.39 Å². The number of rotatable bonds is 6. The van der Waals surface area contributed by atoms with Crippen molar-refractivity contribution in [2.24, 2.45) is 0 Å². The van der Waals surface area contributed by atoms with Crippen molar-refractivity contribution in [1.82, 2.24) is 15.1 Å². The van der Waals surface area contributed by atoms with Crippen molar-refractivity contribution in [3.8, 4) is 0 Å². The van der Waals surface area contributed by atoms with Crippen molar-refractivity contribution in [3.63, 3.8) is 0 Å². The van der Waals surface area contributed by atoms with Crippen LogP contribution in [-0.2, 0) is 13.0 Å². The lowest BCUT2D eigenvalue weighted by molar-refractivity contribution is 0.510. The Balaban J connectivity index is 2.32. The molecule has 3 nitrogen and oxygen atoms in total. The standard InChI is InChI=1S/C17H24FN3/c1-5-19-17(16-10-14(18)8-7-12(16)3)11-15-9-13(4)20-21(15)6-2/h7-10,17,19H,5-6,11H2,1-4H3. The predicted octanol–water partition coefficient (Wildman–Crippen LogP) is 3.55. The summed E-state index contributed by atoms with van der Waals surface area (Å²) < 4.78 is 15.6. The molecule has 1 aromatic carbocycles. The molecule has 0 bridgehead atoms. The van der Waals surface area contributed by atoms with Crippen LogP contribution in [0.4, 0.5) is 4.39 Å². The highest BCUT2D eigenvalue weighted by molar-refractivity contribution is 5.31. The Hall–Kier alpha value is -1.68. The average molecular weight is 289 g/mol. The van der Waals surface area contributed by atoms with Gasteiger partial charge in [-0.25, -0.2) is 4.39 Å². The van der Waals surface area contributed by atoms with E-state index in [1.807, 2.05) is 24.6 Å². The minimum atomic E-state index is -0.182. The molecule has 0 aliphatic carbocycles. The fourth-order valence-electron chi connectivity index (χ4n) is 2.77. The summed E-state index contributed by atoms with van der Waals surface area (Å²) in [6.45, 7) is 9.90. The Kier molecular flexibility index (Phi) is 5.12. The molecule has 0 saturated carbocycles.